The highest BCUT2D eigenvalue weighted by Crippen LogP contribution is 2.26. The molecule has 0 aliphatic heterocycles. The Kier molecular flexibility index (Phi) is 5.40. The molecule has 5 rings (SSSR count). The molecule has 0 radical (unpaired) electrons. The number of hydrogen-bond acceptors (Lipinski definition) is 4. The number of halogens is 1. The third kappa shape index (κ3) is 3.77. The minimum absolute atomic E-state index is 0.153. The van der Waals surface area contributed by atoms with Crippen molar-refractivity contribution < 1.29 is 4.79 Å². The lowest BCUT2D eigenvalue weighted by Gasteiger charge is -2.20. The lowest BCUT2D eigenvalue weighted by molar-refractivity contribution is 0.101. The predicted octanol–water partition coefficient (Wildman–Crippen LogP) is 6.01. The van der Waals surface area contributed by atoms with Gasteiger partial charge in [-0.1, -0.05) is 54.1 Å². The van der Waals surface area contributed by atoms with Crippen LogP contribution in [0.25, 0.3) is 27.4 Å². The summed E-state index contributed by atoms with van der Waals surface area (Å²) in [5.74, 6) is 0.449. The number of aromatic nitrogens is 2. The van der Waals surface area contributed by atoms with Crippen molar-refractivity contribution in [3.05, 3.63) is 112 Å². The van der Waals surface area contributed by atoms with E-state index < -0.39 is 0 Å². The second-order valence-electron chi connectivity index (χ2n) is 7.78. The van der Waals surface area contributed by atoms with Gasteiger partial charge in [-0.25, -0.2) is 4.98 Å². The molecular formula is C27H20ClN3O2. The van der Waals surface area contributed by atoms with Crippen LogP contribution in [0.1, 0.15) is 23.0 Å². The van der Waals surface area contributed by atoms with Crippen molar-refractivity contribution >= 4 is 44.9 Å². The molecule has 3 aromatic carbocycles. The Balaban J connectivity index is 1.74. The van der Waals surface area contributed by atoms with Crippen molar-refractivity contribution in [2.75, 3.05) is 5.32 Å². The van der Waals surface area contributed by atoms with Crippen LogP contribution >= 0.6 is 11.6 Å². The summed E-state index contributed by atoms with van der Waals surface area (Å²) < 4.78 is 1.82. The first-order chi connectivity index (χ1) is 16.0. The first kappa shape index (κ1) is 20.9. The normalized spacial score (nSPS) is 11.1. The van der Waals surface area contributed by atoms with E-state index in [4.69, 9.17) is 11.6 Å². The lowest BCUT2D eigenvalue weighted by atomic mass is 10.0. The zero-order valence-corrected chi connectivity index (χ0v) is 18.6. The fraction of sp³-hybridized carbons (Fsp3) is 0.0741. The summed E-state index contributed by atoms with van der Waals surface area (Å²) in [5, 5.41) is 6.26. The molecule has 0 amide bonds. The fourth-order valence-corrected chi connectivity index (χ4v) is 4.39. The number of para-hydroxylation sites is 1. The average Bonchev–Trinajstić information content (AvgIpc) is 2.83. The highest BCUT2D eigenvalue weighted by Gasteiger charge is 2.21. The van der Waals surface area contributed by atoms with Crippen LogP contribution in [0.4, 0.5) is 5.82 Å². The summed E-state index contributed by atoms with van der Waals surface area (Å²) in [5.41, 5.74) is 1.88. The third-order valence-corrected chi connectivity index (χ3v) is 5.92. The Hall–Kier alpha value is -3.96. The van der Waals surface area contributed by atoms with Gasteiger partial charge in [0.15, 0.2) is 11.2 Å². The van der Waals surface area contributed by atoms with Crippen molar-refractivity contribution in [1.82, 2.24) is 9.55 Å². The molecule has 162 valence electrons. The molecule has 0 atom stereocenters. The van der Waals surface area contributed by atoms with Gasteiger partial charge in [-0.2, -0.15) is 0 Å². The summed E-state index contributed by atoms with van der Waals surface area (Å²) in [7, 11) is 0. The molecular weight excluding hydrogens is 434 g/mol. The summed E-state index contributed by atoms with van der Waals surface area (Å²) in [6.45, 7) is 1.63. The van der Waals surface area contributed by atoms with E-state index in [1.165, 1.54) is 6.92 Å². The summed E-state index contributed by atoms with van der Waals surface area (Å²) >= 11 is 6.28. The first-order valence-corrected chi connectivity index (χ1v) is 10.9. The van der Waals surface area contributed by atoms with E-state index in [2.05, 4.69) is 10.3 Å². The number of pyridine rings is 2. The van der Waals surface area contributed by atoms with Crippen molar-refractivity contribution in [3.63, 3.8) is 0 Å². The topological polar surface area (TPSA) is 64.0 Å². The maximum absolute atomic E-state index is 13.6. The number of fused-ring (bicyclic) bond motifs is 2. The molecule has 0 bridgehead atoms. The molecule has 0 aliphatic carbocycles. The summed E-state index contributed by atoms with van der Waals surface area (Å²) in [6.07, 6.45) is 1.72. The SMILES string of the molecule is CC(=O)c1c(CNc2nccc3ccccc23)c(=O)c2ccc(Cl)cc2n1-c1ccccc1. The predicted molar refractivity (Wildman–Crippen MR) is 134 cm³/mol. The van der Waals surface area contributed by atoms with Crippen LogP contribution in [-0.4, -0.2) is 15.3 Å². The number of benzene rings is 3. The average molecular weight is 454 g/mol. The van der Waals surface area contributed by atoms with E-state index >= 15 is 0 Å². The molecule has 2 heterocycles. The summed E-state index contributed by atoms with van der Waals surface area (Å²) in [4.78, 5) is 31.0. The van der Waals surface area contributed by atoms with Gasteiger partial charge in [-0.3, -0.25) is 9.59 Å². The van der Waals surface area contributed by atoms with E-state index in [9.17, 15) is 9.59 Å². The van der Waals surface area contributed by atoms with Crippen molar-refractivity contribution in [3.8, 4) is 5.69 Å². The van der Waals surface area contributed by atoms with Crippen molar-refractivity contribution in [2.45, 2.75) is 13.5 Å². The maximum atomic E-state index is 13.6. The highest BCUT2D eigenvalue weighted by atomic mass is 35.5. The second kappa shape index (κ2) is 8.52. The van der Waals surface area contributed by atoms with Gasteiger partial charge >= 0.3 is 0 Å². The Labute approximate surface area is 195 Å². The molecule has 0 aliphatic rings. The number of ketones is 1. The molecule has 0 spiro atoms. The van der Waals surface area contributed by atoms with E-state index in [1.54, 1.807) is 24.4 Å². The standard InChI is InChI=1S/C27H20ClN3O2/c1-17(32)25-23(16-30-27-21-10-6-5-7-18(21)13-14-29-27)26(33)22-12-11-19(28)15-24(22)31(25)20-8-3-2-4-9-20/h2-15H,16H2,1H3,(H,29,30). The van der Waals surface area contributed by atoms with Gasteiger partial charge in [0, 0.05) is 46.7 Å². The Morgan fingerprint density at radius 1 is 0.970 bits per heavy atom. The van der Waals surface area contributed by atoms with Gasteiger partial charge in [0.05, 0.1) is 11.2 Å². The number of Topliss-reactive ketones (excluding diaryl/α,β-unsaturated/α-hetero) is 1. The lowest BCUT2D eigenvalue weighted by Crippen LogP contribution is -2.24. The maximum Gasteiger partial charge on any atom is 0.195 e. The number of hydrogen-bond donors (Lipinski definition) is 1. The molecule has 0 saturated heterocycles. The van der Waals surface area contributed by atoms with Crippen LogP contribution in [0.15, 0.2) is 89.9 Å². The molecule has 6 heteroatoms. The van der Waals surface area contributed by atoms with Gasteiger partial charge in [-0.05, 0) is 41.8 Å². The number of rotatable bonds is 5. The molecule has 5 nitrogen and oxygen atoms in total. The largest absolute Gasteiger partial charge is 0.365 e. The van der Waals surface area contributed by atoms with E-state index in [1.807, 2.05) is 65.2 Å². The third-order valence-electron chi connectivity index (χ3n) is 5.68. The van der Waals surface area contributed by atoms with Crippen LogP contribution in [-0.2, 0) is 6.54 Å². The van der Waals surface area contributed by atoms with E-state index in [0.717, 1.165) is 16.5 Å². The molecule has 1 N–H and O–H groups in total. The Morgan fingerprint density at radius 2 is 1.73 bits per heavy atom. The second-order valence-corrected chi connectivity index (χ2v) is 8.22. The van der Waals surface area contributed by atoms with Crippen molar-refractivity contribution in [2.24, 2.45) is 0 Å². The first-order valence-electron chi connectivity index (χ1n) is 10.6. The molecule has 5 aromatic rings. The quantitative estimate of drug-likeness (QED) is 0.331. The van der Waals surface area contributed by atoms with Crippen LogP contribution in [0.3, 0.4) is 0 Å². The molecule has 0 fully saturated rings. The number of carbonyl (C=O) groups excluding carboxylic acids is 1. The van der Waals surface area contributed by atoms with E-state index in [0.29, 0.717) is 33.0 Å². The van der Waals surface area contributed by atoms with Gasteiger partial charge in [0.25, 0.3) is 0 Å². The monoisotopic (exact) mass is 453 g/mol. The van der Waals surface area contributed by atoms with Crippen LogP contribution in [0.5, 0.6) is 0 Å². The smallest absolute Gasteiger partial charge is 0.195 e. The minimum atomic E-state index is -0.208. The van der Waals surface area contributed by atoms with Crippen LogP contribution < -0.4 is 10.7 Å². The van der Waals surface area contributed by atoms with Crippen molar-refractivity contribution in [1.29, 1.82) is 0 Å². The zero-order chi connectivity index (χ0) is 22.9. The zero-order valence-electron chi connectivity index (χ0n) is 17.9. The number of nitrogens with one attached hydrogen (secondary N) is 1. The van der Waals surface area contributed by atoms with E-state index in [-0.39, 0.29) is 17.8 Å². The fourth-order valence-electron chi connectivity index (χ4n) is 4.22. The van der Waals surface area contributed by atoms with Gasteiger partial charge in [0.2, 0.25) is 0 Å². The van der Waals surface area contributed by atoms with Crippen LogP contribution in [0, 0.1) is 0 Å². The number of nitrogens with zero attached hydrogens (tertiary/aromatic N) is 2. The van der Waals surface area contributed by atoms with Gasteiger partial charge < -0.3 is 9.88 Å². The highest BCUT2D eigenvalue weighted by molar-refractivity contribution is 6.31. The van der Waals surface area contributed by atoms with Gasteiger partial charge in [-0.15, -0.1) is 0 Å². The van der Waals surface area contributed by atoms with Gasteiger partial charge in [0.1, 0.15) is 5.82 Å². The Morgan fingerprint density at radius 3 is 2.52 bits per heavy atom. The summed E-state index contributed by atoms with van der Waals surface area (Å²) in [6, 6.07) is 24.4. The Bertz CT molecular complexity index is 1570. The molecule has 33 heavy (non-hydrogen) atoms. The van der Waals surface area contributed by atoms with Crippen LogP contribution in [0.2, 0.25) is 5.02 Å². The number of anilines is 1. The number of carbonyl (C=O) groups is 1. The molecule has 0 saturated carbocycles. The molecule has 2 aromatic heterocycles. The molecule has 0 unspecified atom stereocenters. The minimum Gasteiger partial charge on any atom is -0.365 e.